The van der Waals surface area contributed by atoms with Crippen molar-refractivity contribution >= 4 is 49.7 Å². The lowest BCUT2D eigenvalue weighted by Gasteiger charge is -2.14. The minimum absolute atomic E-state index is 0. The number of pyridine rings is 1. The molecular weight excluding hydrogens is 430 g/mol. The lowest BCUT2D eigenvalue weighted by atomic mass is 10.00. The maximum Gasteiger partial charge on any atom is 0.267 e. The lowest BCUT2D eigenvalue weighted by Crippen LogP contribution is -2.37. The summed E-state index contributed by atoms with van der Waals surface area (Å²) in [6.07, 6.45) is 0.292. The Labute approximate surface area is 195 Å². The molecule has 3 N–H and O–H groups in total. The number of carbonyl (C=O) groups is 1. The smallest absolute Gasteiger partial charge is 0.267 e. The number of hydrogen-bond donors (Lipinski definition) is 2. The van der Waals surface area contributed by atoms with E-state index in [1.54, 1.807) is 14.0 Å². The van der Waals surface area contributed by atoms with Gasteiger partial charge in [-0.25, -0.2) is 15.0 Å². The molecule has 0 bridgehead atoms. The van der Waals surface area contributed by atoms with Crippen molar-refractivity contribution in [2.45, 2.75) is 31.9 Å². The molecule has 1 fully saturated rings. The first-order chi connectivity index (χ1) is 13.8. The molecule has 1 amide bonds. The van der Waals surface area contributed by atoms with Crippen LogP contribution in [-0.4, -0.2) is 49.6 Å². The topological polar surface area (TPSA) is 105 Å². The number of anilines is 1. The predicted molar refractivity (Wildman–Crippen MR) is 131 cm³/mol. The summed E-state index contributed by atoms with van der Waals surface area (Å²) in [6.45, 7) is 3.67. The SMILES string of the molecule is Cc1nc(N)c2nc(-c3cccc(C#C[C@@]4(O)C[C@H](C)N(C)C4=O)c3)ccc2n1.S.S. The van der Waals surface area contributed by atoms with Gasteiger partial charge in [0.25, 0.3) is 5.91 Å². The fraction of sp³-hybridized carbons (Fsp3) is 0.273. The van der Waals surface area contributed by atoms with Crippen LogP contribution in [0.1, 0.15) is 24.7 Å². The number of aryl methyl sites for hydroxylation is 1. The highest BCUT2D eigenvalue weighted by molar-refractivity contribution is 7.59. The summed E-state index contributed by atoms with van der Waals surface area (Å²) in [5, 5.41) is 10.6. The molecular formula is C22H25N5O2S2. The Kier molecular flexibility index (Phi) is 7.21. The molecule has 0 unspecified atom stereocenters. The third-order valence-corrected chi connectivity index (χ3v) is 5.18. The molecule has 1 aliphatic rings. The van der Waals surface area contributed by atoms with Crippen LogP contribution < -0.4 is 5.73 Å². The number of carbonyl (C=O) groups excluding carboxylic acids is 1. The highest BCUT2D eigenvalue weighted by atomic mass is 32.1. The van der Waals surface area contributed by atoms with Crippen molar-refractivity contribution in [3.05, 3.63) is 47.8 Å². The lowest BCUT2D eigenvalue weighted by molar-refractivity contribution is -0.138. The van der Waals surface area contributed by atoms with Gasteiger partial charge in [0.15, 0.2) is 5.82 Å². The first kappa shape index (κ1) is 24.5. The summed E-state index contributed by atoms with van der Waals surface area (Å²) in [7, 11) is 1.68. The third-order valence-electron chi connectivity index (χ3n) is 5.18. The highest BCUT2D eigenvalue weighted by Gasteiger charge is 2.46. The predicted octanol–water partition coefficient (Wildman–Crippen LogP) is 2.14. The number of nitrogens with zero attached hydrogens (tertiary/aromatic N) is 4. The number of likely N-dealkylation sites (N-methyl/N-ethyl adjacent to an activating group) is 1. The normalized spacial score (nSPS) is 19.9. The van der Waals surface area contributed by atoms with Crippen molar-refractivity contribution in [3.8, 4) is 23.1 Å². The van der Waals surface area contributed by atoms with E-state index >= 15 is 0 Å². The summed E-state index contributed by atoms with van der Waals surface area (Å²) >= 11 is 0. The summed E-state index contributed by atoms with van der Waals surface area (Å²) in [5.74, 6) is 6.27. The number of benzene rings is 1. The molecule has 2 atom stereocenters. The first-order valence-corrected chi connectivity index (χ1v) is 9.31. The number of fused-ring (bicyclic) bond motifs is 1. The number of nitrogen functional groups attached to an aromatic ring is 1. The molecule has 0 radical (unpaired) electrons. The molecule has 0 spiro atoms. The number of aliphatic hydroxyl groups is 1. The van der Waals surface area contributed by atoms with Crippen molar-refractivity contribution in [2.75, 3.05) is 12.8 Å². The molecule has 3 aromatic rings. The number of nitrogens with two attached hydrogens (primary N) is 1. The van der Waals surface area contributed by atoms with Crippen LogP contribution in [-0.2, 0) is 4.79 Å². The molecule has 3 heterocycles. The van der Waals surface area contributed by atoms with Gasteiger partial charge in [-0.3, -0.25) is 4.79 Å². The van der Waals surface area contributed by atoms with E-state index in [1.165, 1.54) is 4.90 Å². The van der Waals surface area contributed by atoms with Gasteiger partial charge in [0.1, 0.15) is 11.3 Å². The van der Waals surface area contributed by atoms with Crippen LogP contribution >= 0.6 is 27.0 Å². The van der Waals surface area contributed by atoms with Crippen LogP contribution in [0.3, 0.4) is 0 Å². The Morgan fingerprint density at radius 2 is 1.94 bits per heavy atom. The quantitative estimate of drug-likeness (QED) is 0.545. The third kappa shape index (κ3) is 4.61. The van der Waals surface area contributed by atoms with Gasteiger partial charge in [-0.2, -0.15) is 27.0 Å². The Balaban J connectivity index is 0.00000171. The summed E-state index contributed by atoms with van der Waals surface area (Å²) < 4.78 is 0. The van der Waals surface area contributed by atoms with Crippen LogP contribution in [0.15, 0.2) is 36.4 Å². The molecule has 9 heteroatoms. The van der Waals surface area contributed by atoms with Gasteiger partial charge in [-0.1, -0.05) is 24.0 Å². The van der Waals surface area contributed by atoms with E-state index in [0.717, 1.165) is 5.56 Å². The van der Waals surface area contributed by atoms with Gasteiger partial charge >= 0.3 is 0 Å². The Bertz CT molecular complexity index is 1210. The second kappa shape index (κ2) is 9.14. The Morgan fingerprint density at radius 3 is 2.61 bits per heavy atom. The maximum absolute atomic E-state index is 12.3. The Morgan fingerprint density at radius 1 is 1.19 bits per heavy atom. The van der Waals surface area contributed by atoms with E-state index < -0.39 is 5.60 Å². The molecule has 0 aliphatic carbocycles. The fourth-order valence-corrected chi connectivity index (χ4v) is 3.50. The summed E-state index contributed by atoms with van der Waals surface area (Å²) in [4.78, 5) is 26.9. The van der Waals surface area contributed by atoms with Crippen LogP contribution in [0.4, 0.5) is 5.82 Å². The van der Waals surface area contributed by atoms with E-state index in [-0.39, 0.29) is 38.9 Å². The largest absolute Gasteiger partial charge is 0.382 e. The van der Waals surface area contributed by atoms with Crippen molar-refractivity contribution in [2.24, 2.45) is 0 Å². The van der Waals surface area contributed by atoms with Gasteiger partial charge in [0.05, 0.1) is 11.2 Å². The minimum atomic E-state index is -1.64. The highest BCUT2D eigenvalue weighted by Crippen LogP contribution is 2.27. The van der Waals surface area contributed by atoms with Gasteiger partial charge in [0, 0.05) is 30.6 Å². The van der Waals surface area contributed by atoms with Crippen molar-refractivity contribution in [3.63, 3.8) is 0 Å². The Hall–Kier alpha value is -2.80. The minimum Gasteiger partial charge on any atom is -0.382 e. The zero-order valence-electron chi connectivity index (χ0n) is 17.5. The molecule has 0 saturated carbocycles. The van der Waals surface area contributed by atoms with E-state index in [1.807, 2.05) is 43.3 Å². The monoisotopic (exact) mass is 455 g/mol. The first-order valence-electron chi connectivity index (χ1n) is 9.31. The van der Waals surface area contributed by atoms with Crippen molar-refractivity contribution in [1.29, 1.82) is 0 Å². The van der Waals surface area contributed by atoms with E-state index in [2.05, 4.69) is 26.8 Å². The molecule has 2 aromatic heterocycles. The molecule has 162 valence electrons. The molecule has 7 nitrogen and oxygen atoms in total. The van der Waals surface area contributed by atoms with Gasteiger partial charge in [-0.15, -0.1) is 0 Å². The molecule has 1 aliphatic heterocycles. The van der Waals surface area contributed by atoms with E-state index in [4.69, 9.17) is 5.73 Å². The fourth-order valence-electron chi connectivity index (χ4n) is 3.50. The second-order valence-electron chi connectivity index (χ2n) is 7.38. The zero-order chi connectivity index (χ0) is 20.8. The van der Waals surface area contributed by atoms with Crippen LogP contribution in [0.2, 0.25) is 0 Å². The summed E-state index contributed by atoms with van der Waals surface area (Å²) in [6, 6.07) is 11.1. The van der Waals surface area contributed by atoms with Gasteiger partial charge < -0.3 is 15.7 Å². The molecule has 31 heavy (non-hydrogen) atoms. The van der Waals surface area contributed by atoms with Crippen LogP contribution in [0, 0.1) is 18.8 Å². The van der Waals surface area contributed by atoms with Gasteiger partial charge in [-0.05, 0) is 38.1 Å². The number of rotatable bonds is 1. The second-order valence-corrected chi connectivity index (χ2v) is 7.38. The summed E-state index contributed by atoms with van der Waals surface area (Å²) in [5.41, 5.74) is 7.83. The van der Waals surface area contributed by atoms with Crippen LogP contribution in [0.5, 0.6) is 0 Å². The van der Waals surface area contributed by atoms with Crippen molar-refractivity contribution < 1.29 is 9.90 Å². The number of likely N-dealkylation sites (tertiary alicyclic amines) is 1. The standard InChI is InChI=1S/C22H21N5O2.2H2S/c1-13-12-22(29,21(28)27(13)3)10-9-15-5-4-6-16(11-15)17-7-8-18-19(26-17)20(23)25-14(2)24-18;;/h4-8,11,13,29H,12H2,1-3H3,(H2,23,24,25);2*1H2/t13-,22+;;/m0../s1. The number of aromatic nitrogens is 3. The van der Waals surface area contributed by atoms with E-state index in [9.17, 15) is 9.90 Å². The maximum atomic E-state index is 12.3. The van der Waals surface area contributed by atoms with Crippen molar-refractivity contribution in [1.82, 2.24) is 19.9 Å². The average Bonchev–Trinajstić information content (AvgIpc) is 2.89. The molecule has 1 saturated heterocycles. The molecule has 1 aromatic carbocycles. The number of amides is 1. The molecule has 4 rings (SSSR count). The van der Waals surface area contributed by atoms with Crippen LogP contribution in [0.25, 0.3) is 22.3 Å². The van der Waals surface area contributed by atoms with E-state index in [0.29, 0.717) is 40.4 Å². The number of hydrogen-bond acceptors (Lipinski definition) is 6. The van der Waals surface area contributed by atoms with Gasteiger partial charge in [0.2, 0.25) is 5.60 Å². The zero-order valence-corrected chi connectivity index (χ0v) is 19.5. The average molecular weight is 456 g/mol.